The lowest BCUT2D eigenvalue weighted by Gasteiger charge is -2.23. The van der Waals surface area contributed by atoms with Gasteiger partial charge in [-0.25, -0.2) is 0 Å². The summed E-state index contributed by atoms with van der Waals surface area (Å²) in [6.45, 7) is 6.64. The Kier molecular flexibility index (Phi) is 5.95. The Labute approximate surface area is 181 Å². The second kappa shape index (κ2) is 8.22. The molecule has 0 amide bonds. The Bertz CT molecular complexity index is 1240. The number of hydrogen-bond acceptors (Lipinski definition) is 6. The summed E-state index contributed by atoms with van der Waals surface area (Å²) in [6.07, 6.45) is -5.03. The van der Waals surface area contributed by atoms with E-state index in [-0.39, 0.29) is 16.9 Å². The number of carbonyl (C=O) groups is 1. The van der Waals surface area contributed by atoms with Crippen molar-refractivity contribution < 1.29 is 37.0 Å². The topological polar surface area (TPSA) is 88.8 Å². The molecule has 0 fully saturated rings. The van der Waals surface area contributed by atoms with Gasteiger partial charge in [0.2, 0.25) is 11.2 Å². The predicted octanol–water partition coefficient (Wildman–Crippen LogP) is 4.34. The molecule has 0 radical (unpaired) electrons. The second-order valence-electron chi connectivity index (χ2n) is 8.26. The number of rotatable bonds is 5. The van der Waals surface area contributed by atoms with Crippen LogP contribution >= 0.6 is 0 Å². The molecule has 1 heterocycles. The number of alkyl halides is 3. The summed E-state index contributed by atoms with van der Waals surface area (Å²) in [6, 6.07) is 8.39. The first-order valence-corrected chi connectivity index (χ1v) is 9.57. The number of benzene rings is 2. The summed E-state index contributed by atoms with van der Waals surface area (Å²) in [5, 5.41) is 10.4. The van der Waals surface area contributed by atoms with E-state index in [4.69, 9.17) is 13.9 Å². The molecule has 0 bridgehead atoms. The van der Waals surface area contributed by atoms with E-state index in [0.717, 1.165) is 11.6 Å². The van der Waals surface area contributed by atoms with Gasteiger partial charge < -0.3 is 23.8 Å². The van der Waals surface area contributed by atoms with Crippen molar-refractivity contribution in [1.29, 1.82) is 0 Å². The molecule has 0 unspecified atom stereocenters. The van der Waals surface area contributed by atoms with Gasteiger partial charge in [0.25, 0.3) is 5.76 Å². The lowest BCUT2D eigenvalue weighted by atomic mass is 9.85. The smallest absolute Gasteiger partial charge is 0.453 e. The van der Waals surface area contributed by atoms with Gasteiger partial charge in [0, 0.05) is 11.6 Å². The average molecular weight is 449 g/mol. The van der Waals surface area contributed by atoms with Crippen molar-refractivity contribution in [3.8, 4) is 17.2 Å². The van der Waals surface area contributed by atoms with E-state index < -0.39 is 46.7 Å². The van der Waals surface area contributed by atoms with Crippen LogP contribution in [-0.2, 0) is 16.4 Å². The Morgan fingerprint density at radius 1 is 1.09 bits per heavy atom. The van der Waals surface area contributed by atoms with Crippen LogP contribution in [0.5, 0.6) is 17.2 Å². The first-order chi connectivity index (χ1) is 14.8. The molecule has 0 atom stereocenters. The van der Waals surface area contributed by atoms with Crippen LogP contribution in [0.1, 0.15) is 37.7 Å². The van der Waals surface area contributed by atoms with E-state index in [2.05, 4.69) is 0 Å². The average Bonchev–Trinajstić information content (AvgIpc) is 2.67. The number of hydrogen-bond donors (Lipinski definition) is 0. The molecule has 0 aliphatic rings. The van der Waals surface area contributed by atoms with Gasteiger partial charge in [-0.1, -0.05) is 38.5 Å². The van der Waals surface area contributed by atoms with Crippen LogP contribution in [0.15, 0.2) is 45.6 Å². The van der Waals surface area contributed by atoms with Crippen molar-refractivity contribution in [1.82, 2.24) is 0 Å². The fourth-order valence-electron chi connectivity index (χ4n) is 3.10. The van der Waals surface area contributed by atoms with E-state index in [0.29, 0.717) is 5.56 Å². The zero-order valence-corrected chi connectivity index (χ0v) is 17.8. The van der Waals surface area contributed by atoms with Gasteiger partial charge in [-0.2, -0.15) is 13.2 Å². The van der Waals surface area contributed by atoms with Crippen molar-refractivity contribution in [3.63, 3.8) is 0 Å². The van der Waals surface area contributed by atoms with Gasteiger partial charge in [-0.3, -0.25) is 4.79 Å². The summed E-state index contributed by atoms with van der Waals surface area (Å²) >= 11 is 0. The molecule has 0 aliphatic heterocycles. The Hall–Kier alpha value is -3.49. The molecule has 0 saturated carbocycles. The minimum Gasteiger partial charge on any atom is -0.546 e. The molecule has 170 valence electrons. The maximum absolute atomic E-state index is 13.8. The minimum atomic E-state index is -5.03. The molecule has 6 nitrogen and oxygen atoms in total. The molecular formula is C23H20F3O6-. The fourth-order valence-corrected chi connectivity index (χ4v) is 3.10. The molecule has 0 spiro atoms. The molecule has 0 aliphatic carbocycles. The fraction of sp³-hybridized carbons (Fsp3) is 0.304. The Morgan fingerprint density at radius 2 is 1.78 bits per heavy atom. The molecule has 3 rings (SSSR count). The van der Waals surface area contributed by atoms with E-state index >= 15 is 0 Å². The maximum atomic E-state index is 13.8. The van der Waals surface area contributed by atoms with Gasteiger partial charge >= 0.3 is 6.18 Å². The second-order valence-corrected chi connectivity index (χ2v) is 8.26. The SMILES string of the molecule is Cc1ccc(Oc2c(C(F)(F)F)oc3cc(OCC(=O)[O-])ccc3c2=O)c(C(C)(C)C)c1. The van der Waals surface area contributed by atoms with Crippen LogP contribution in [0.25, 0.3) is 11.0 Å². The molecular weight excluding hydrogens is 429 g/mol. The molecule has 1 aromatic heterocycles. The lowest BCUT2D eigenvalue weighted by Crippen LogP contribution is -2.28. The monoisotopic (exact) mass is 449 g/mol. The van der Waals surface area contributed by atoms with Crippen LogP contribution in [0.4, 0.5) is 13.2 Å². The molecule has 0 N–H and O–H groups in total. The normalized spacial score (nSPS) is 12.1. The molecule has 9 heteroatoms. The largest absolute Gasteiger partial charge is 0.546 e. The highest BCUT2D eigenvalue weighted by Crippen LogP contribution is 2.41. The molecule has 0 saturated heterocycles. The van der Waals surface area contributed by atoms with E-state index in [1.54, 1.807) is 12.1 Å². The van der Waals surface area contributed by atoms with Crippen molar-refractivity contribution in [2.45, 2.75) is 39.3 Å². The first-order valence-electron chi connectivity index (χ1n) is 9.57. The van der Waals surface area contributed by atoms with Crippen LogP contribution in [0, 0.1) is 6.92 Å². The third-order valence-electron chi connectivity index (χ3n) is 4.59. The van der Waals surface area contributed by atoms with Gasteiger partial charge in [0.05, 0.1) is 11.4 Å². The lowest BCUT2D eigenvalue weighted by molar-refractivity contribution is -0.307. The van der Waals surface area contributed by atoms with Crippen LogP contribution in [0.3, 0.4) is 0 Å². The third kappa shape index (κ3) is 4.87. The zero-order valence-electron chi connectivity index (χ0n) is 17.8. The summed E-state index contributed by atoms with van der Waals surface area (Å²) in [5.41, 5.74) is -0.415. The summed E-state index contributed by atoms with van der Waals surface area (Å²) in [7, 11) is 0. The number of carboxylic acid groups (broad SMARTS) is 1. The summed E-state index contributed by atoms with van der Waals surface area (Å²) in [5.74, 6) is -4.09. The molecule has 32 heavy (non-hydrogen) atoms. The highest BCUT2D eigenvalue weighted by atomic mass is 19.4. The number of halogens is 3. The number of ether oxygens (including phenoxy) is 2. The minimum absolute atomic E-state index is 0.0970. The highest BCUT2D eigenvalue weighted by Gasteiger charge is 2.41. The number of aliphatic carboxylic acids is 1. The van der Waals surface area contributed by atoms with Crippen molar-refractivity contribution in [2.75, 3.05) is 6.61 Å². The van der Waals surface area contributed by atoms with Gasteiger partial charge in [0.1, 0.15) is 23.7 Å². The van der Waals surface area contributed by atoms with Crippen molar-refractivity contribution >= 4 is 16.9 Å². The van der Waals surface area contributed by atoms with E-state index in [9.17, 15) is 27.9 Å². The molecule has 2 aromatic carbocycles. The van der Waals surface area contributed by atoms with Gasteiger partial charge in [0.15, 0.2) is 0 Å². The Morgan fingerprint density at radius 3 is 2.38 bits per heavy atom. The molecule has 3 aromatic rings. The number of aryl methyl sites for hydroxylation is 1. The van der Waals surface area contributed by atoms with Crippen LogP contribution in [-0.4, -0.2) is 12.6 Å². The number of fused-ring (bicyclic) bond motifs is 1. The number of carboxylic acids is 1. The van der Waals surface area contributed by atoms with E-state index in [1.165, 1.54) is 18.2 Å². The summed E-state index contributed by atoms with van der Waals surface area (Å²) in [4.78, 5) is 23.5. The standard InChI is InChI=1S/C23H21F3O6/c1-12-5-8-16(15(9-12)22(2,3)4)31-20-19(29)14-7-6-13(30-11-18(27)28)10-17(14)32-21(20)23(24,25)26/h5-10H,11H2,1-4H3,(H,27,28)/p-1. The highest BCUT2D eigenvalue weighted by molar-refractivity contribution is 5.80. The predicted molar refractivity (Wildman–Crippen MR) is 108 cm³/mol. The van der Waals surface area contributed by atoms with Gasteiger partial charge in [-0.05, 0) is 30.5 Å². The van der Waals surface area contributed by atoms with Gasteiger partial charge in [-0.15, -0.1) is 0 Å². The maximum Gasteiger partial charge on any atom is 0.453 e. The van der Waals surface area contributed by atoms with Crippen LogP contribution in [0.2, 0.25) is 0 Å². The quantitative estimate of drug-likeness (QED) is 0.576. The Balaban J connectivity index is 2.19. The number of carbonyl (C=O) groups excluding carboxylic acids is 1. The van der Waals surface area contributed by atoms with Crippen molar-refractivity contribution in [2.24, 2.45) is 0 Å². The third-order valence-corrected chi connectivity index (χ3v) is 4.59. The zero-order chi connectivity index (χ0) is 23.8. The van der Waals surface area contributed by atoms with E-state index in [1.807, 2.05) is 27.7 Å². The first kappa shape index (κ1) is 23.2. The van der Waals surface area contributed by atoms with Crippen LogP contribution < -0.4 is 20.0 Å². The van der Waals surface area contributed by atoms with Crippen molar-refractivity contribution in [3.05, 3.63) is 63.5 Å². The summed E-state index contributed by atoms with van der Waals surface area (Å²) < 4.78 is 56.8.